The van der Waals surface area contributed by atoms with E-state index in [-0.39, 0.29) is 17.4 Å². The summed E-state index contributed by atoms with van der Waals surface area (Å²) in [6.07, 6.45) is 2.03. The Balaban J connectivity index is 2.00. The minimum Gasteiger partial charge on any atom is -0.443 e. The predicted molar refractivity (Wildman–Crippen MR) is 57.6 cm³/mol. The van der Waals surface area contributed by atoms with E-state index in [9.17, 15) is 13.5 Å². The molecule has 0 saturated carbocycles. The zero-order chi connectivity index (χ0) is 11.8. The van der Waals surface area contributed by atoms with E-state index in [1.54, 1.807) is 6.92 Å². The van der Waals surface area contributed by atoms with Gasteiger partial charge in [-0.05, 0) is 19.3 Å². The zero-order valence-corrected chi connectivity index (χ0v) is 9.90. The molecule has 2 heterocycles. The number of sulfone groups is 1. The molecule has 90 valence electrons. The molecule has 0 aliphatic carbocycles. The van der Waals surface area contributed by atoms with Crippen LogP contribution in [0.2, 0.25) is 0 Å². The molecule has 0 radical (unpaired) electrons. The van der Waals surface area contributed by atoms with Gasteiger partial charge in [0.15, 0.2) is 21.5 Å². The van der Waals surface area contributed by atoms with E-state index in [1.807, 2.05) is 0 Å². The molecule has 16 heavy (non-hydrogen) atoms. The Kier molecular flexibility index (Phi) is 3.03. The van der Waals surface area contributed by atoms with Crippen LogP contribution in [0, 0.1) is 5.92 Å². The summed E-state index contributed by atoms with van der Waals surface area (Å²) in [5.41, 5.74) is 0. The van der Waals surface area contributed by atoms with Crippen LogP contribution in [-0.4, -0.2) is 30.0 Å². The number of oxazole rings is 1. The van der Waals surface area contributed by atoms with Gasteiger partial charge < -0.3 is 9.52 Å². The standard InChI is InChI=1S/C10H15NO4S/c1-7(12)9-5-11-10(15-9)4-8-2-3-16(13,14)6-8/h5,7-8,12H,2-4,6H2,1H3. The SMILES string of the molecule is CC(O)c1cnc(CC2CCS(=O)(=O)C2)o1. The number of aliphatic hydroxyl groups excluding tert-OH is 1. The van der Waals surface area contributed by atoms with E-state index in [0.29, 0.717) is 24.5 Å². The average Bonchev–Trinajstić information content (AvgIpc) is 2.73. The molecule has 6 heteroatoms. The third-order valence-electron chi connectivity index (χ3n) is 2.77. The van der Waals surface area contributed by atoms with Crippen LogP contribution in [0.5, 0.6) is 0 Å². The molecule has 0 amide bonds. The van der Waals surface area contributed by atoms with Gasteiger partial charge in [-0.1, -0.05) is 0 Å². The van der Waals surface area contributed by atoms with E-state index in [2.05, 4.69) is 4.98 Å². The van der Waals surface area contributed by atoms with Gasteiger partial charge in [-0.25, -0.2) is 13.4 Å². The largest absolute Gasteiger partial charge is 0.443 e. The molecular weight excluding hydrogens is 230 g/mol. The van der Waals surface area contributed by atoms with E-state index in [1.165, 1.54) is 6.20 Å². The second-order valence-corrected chi connectivity index (χ2v) is 6.53. The topological polar surface area (TPSA) is 80.4 Å². The predicted octanol–water partition coefficient (Wildman–Crippen LogP) is 0.705. The summed E-state index contributed by atoms with van der Waals surface area (Å²) in [4.78, 5) is 4.03. The Morgan fingerprint density at radius 3 is 2.94 bits per heavy atom. The molecule has 1 aliphatic heterocycles. The highest BCUT2D eigenvalue weighted by atomic mass is 32.2. The van der Waals surface area contributed by atoms with Crippen molar-refractivity contribution in [2.75, 3.05) is 11.5 Å². The average molecular weight is 245 g/mol. The summed E-state index contributed by atoms with van der Waals surface area (Å²) in [6.45, 7) is 1.60. The van der Waals surface area contributed by atoms with Gasteiger partial charge in [0.1, 0.15) is 6.10 Å². The van der Waals surface area contributed by atoms with Crippen LogP contribution in [0.25, 0.3) is 0 Å². The van der Waals surface area contributed by atoms with Crippen molar-refractivity contribution in [2.24, 2.45) is 5.92 Å². The first-order chi connectivity index (χ1) is 7.46. The lowest BCUT2D eigenvalue weighted by Gasteiger charge is -2.03. The molecule has 0 bridgehead atoms. The Morgan fingerprint density at radius 2 is 2.44 bits per heavy atom. The minimum atomic E-state index is -2.84. The van der Waals surface area contributed by atoms with Crippen LogP contribution < -0.4 is 0 Å². The molecule has 1 saturated heterocycles. The van der Waals surface area contributed by atoms with Crippen molar-refractivity contribution in [1.82, 2.24) is 4.98 Å². The lowest BCUT2D eigenvalue weighted by Crippen LogP contribution is -2.07. The molecule has 1 fully saturated rings. The number of aromatic nitrogens is 1. The molecule has 1 aromatic heterocycles. The Morgan fingerprint density at radius 1 is 1.69 bits per heavy atom. The highest BCUT2D eigenvalue weighted by Crippen LogP contribution is 2.23. The number of rotatable bonds is 3. The Labute approximate surface area is 94.4 Å². The summed E-state index contributed by atoms with van der Waals surface area (Å²) in [5.74, 6) is 1.53. The third-order valence-corrected chi connectivity index (χ3v) is 4.61. The van der Waals surface area contributed by atoms with Crippen molar-refractivity contribution in [3.63, 3.8) is 0 Å². The van der Waals surface area contributed by atoms with Crippen molar-refractivity contribution < 1.29 is 17.9 Å². The second kappa shape index (κ2) is 4.18. The second-order valence-electron chi connectivity index (χ2n) is 4.31. The Hall–Kier alpha value is -0.880. The van der Waals surface area contributed by atoms with E-state index in [4.69, 9.17) is 4.42 Å². The van der Waals surface area contributed by atoms with Crippen molar-refractivity contribution in [3.05, 3.63) is 17.8 Å². The van der Waals surface area contributed by atoms with Crippen molar-refractivity contribution in [1.29, 1.82) is 0 Å². The molecule has 1 N–H and O–H groups in total. The number of aliphatic hydroxyl groups is 1. The van der Waals surface area contributed by atoms with Crippen LogP contribution in [0.4, 0.5) is 0 Å². The first-order valence-corrected chi connectivity index (χ1v) is 7.11. The normalized spacial score (nSPS) is 25.8. The lowest BCUT2D eigenvalue weighted by atomic mass is 10.1. The van der Waals surface area contributed by atoms with Gasteiger partial charge in [-0.15, -0.1) is 0 Å². The first kappa shape index (κ1) is 11.6. The Bertz CT molecular complexity index is 463. The molecule has 2 rings (SSSR count). The van der Waals surface area contributed by atoms with Gasteiger partial charge in [0.2, 0.25) is 0 Å². The molecule has 1 aromatic rings. The maximum Gasteiger partial charge on any atom is 0.194 e. The number of nitrogens with zero attached hydrogens (tertiary/aromatic N) is 1. The summed E-state index contributed by atoms with van der Waals surface area (Å²) in [6, 6.07) is 0. The molecule has 1 aliphatic rings. The van der Waals surface area contributed by atoms with Crippen LogP contribution in [-0.2, 0) is 16.3 Å². The summed E-state index contributed by atoms with van der Waals surface area (Å²) < 4.78 is 27.8. The van der Waals surface area contributed by atoms with Crippen molar-refractivity contribution in [2.45, 2.75) is 25.9 Å². The highest BCUT2D eigenvalue weighted by Gasteiger charge is 2.29. The number of hydrogen-bond acceptors (Lipinski definition) is 5. The van der Waals surface area contributed by atoms with Crippen LogP contribution in [0.15, 0.2) is 10.6 Å². The van der Waals surface area contributed by atoms with Gasteiger partial charge in [0.05, 0.1) is 17.7 Å². The molecule has 0 aromatic carbocycles. The van der Waals surface area contributed by atoms with E-state index < -0.39 is 15.9 Å². The highest BCUT2D eigenvalue weighted by molar-refractivity contribution is 7.91. The number of hydrogen-bond donors (Lipinski definition) is 1. The lowest BCUT2D eigenvalue weighted by molar-refractivity contribution is 0.166. The summed E-state index contributed by atoms with van der Waals surface area (Å²) in [5, 5.41) is 9.25. The van der Waals surface area contributed by atoms with E-state index >= 15 is 0 Å². The van der Waals surface area contributed by atoms with Gasteiger partial charge in [0, 0.05) is 6.42 Å². The van der Waals surface area contributed by atoms with Crippen molar-refractivity contribution in [3.8, 4) is 0 Å². The fourth-order valence-electron chi connectivity index (χ4n) is 1.89. The molecule has 2 atom stereocenters. The van der Waals surface area contributed by atoms with Gasteiger partial charge in [-0.3, -0.25) is 0 Å². The maximum atomic E-state index is 11.3. The van der Waals surface area contributed by atoms with Crippen LogP contribution in [0.1, 0.15) is 31.1 Å². The molecule has 5 nitrogen and oxygen atoms in total. The fourth-order valence-corrected chi connectivity index (χ4v) is 3.75. The van der Waals surface area contributed by atoms with E-state index in [0.717, 1.165) is 0 Å². The van der Waals surface area contributed by atoms with Crippen LogP contribution >= 0.6 is 0 Å². The minimum absolute atomic E-state index is 0.102. The summed E-state index contributed by atoms with van der Waals surface area (Å²) >= 11 is 0. The first-order valence-electron chi connectivity index (χ1n) is 5.29. The van der Waals surface area contributed by atoms with Gasteiger partial charge in [-0.2, -0.15) is 0 Å². The van der Waals surface area contributed by atoms with Gasteiger partial charge in [0.25, 0.3) is 0 Å². The summed E-state index contributed by atoms with van der Waals surface area (Å²) in [7, 11) is -2.84. The third kappa shape index (κ3) is 2.62. The van der Waals surface area contributed by atoms with Crippen LogP contribution in [0.3, 0.4) is 0 Å². The zero-order valence-electron chi connectivity index (χ0n) is 9.09. The molecule has 2 unspecified atom stereocenters. The monoisotopic (exact) mass is 245 g/mol. The maximum absolute atomic E-state index is 11.3. The fraction of sp³-hybridized carbons (Fsp3) is 0.700. The molecule has 0 spiro atoms. The van der Waals surface area contributed by atoms with Gasteiger partial charge >= 0.3 is 0 Å². The smallest absolute Gasteiger partial charge is 0.194 e. The quantitative estimate of drug-likeness (QED) is 0.848. The molecular formula is C10H15NO4S. The van der Waals surface area contributed by atoms with Crippen molar-refractivity contribution >= 4 is 9.84 Å².